The van der Waals surface area contributed by atoms with Crippen molar-refractivity contribution in [3.8, 4) is 0 Å². The number of hydrogen-bond acceptors (Lipinski definition) is 2. The lowest BCUT2D eigenvalue weighted by Crippen LogP contribution is -2.47. The van der Waals surface area contributed by atoms with Crippen LogP contribution in [0.3, 0.4) is 0 Å². The summed E-state index contributed by atoms with van der Waals surface area (Å²) in [6.07, 6.45) is 8.11. The smallest absolute Gasteiger partial charge is 0.226 e. The summed E-state index contributed by atoms with van der Waals surface area (Å²) < 4.78 is 0. The van der Waals surface area contributed by atoms with Crippen molar-refractivity contribution in [2.24, 2.45) is 11.3 Å². The van der Waals surface area contributed by atoms with E-state index in [0.29, 0.717) is 5.91 Å². The molecule has 2 aliphatic rings. The van der Waals surface area contributed by atoms with Crippen LogP contribution in [0.15, 0.2) is 0 Å². The Balaban J connectivity index is 1.82. The van der Waals surface area contributed by atoms with Crippen LogP contribution < -0.4 is 10.6 Å². The van der Waals surface area contributed by atoms with Gasteiger partial charge in [0.15, 0.2) is 0 Å². The first-order valence-electron chi connectivity index (χ1n) is 7.26. The third kappa shape index (κ3) is 3.44. The summed E-state index contributed by atoms with van der Waals surface area (Å²) in [4.78, 5) is 12.4. The van der Waals surface area contributed by atoms with Gasteiger partial charge in [-0.2, -0.15) is 0 Å². The van der Waals surface area contributed by atoms with Gasteiger partial charge in [-0.15, -0.1) is 0 Å². The highest BCUT2D eigenvalue weighted by Crippen LogP contribution is 2.35. The Kier molecular flexibility index (Phi) is 4.43. The van der Waals surface area contributed by atoms with Crippen LogP contribution >= 0.6 is 0 Å². The van der Waals surface area contributed by atoms with Crippen molar-refractivity contribution in [3.05, 3.63) is 0 Å². The lowest BCUT2D eigenvalue weighted by molar-refractivity contribution is -0.133. The van der Waals surface area contributed by atoms with Gasteiger partial charge in [0.2, 0.25) is 5.91 Å². The Labute approximate surface area is 105 Å². The number of carbonyl (C=O) groups is 1. The second-order valence-corrected chi connectivity index (χ2v) is 5.77. The first-order valence-corrected chi connectivity index (χ1v) is 7.26. The summed E-state index contributed by atoms with van der Waals surface area (Å²) in [6, 6.07) is 0. The highest BCUT2D eigenvalue weighted by atomic mass is 16.2. The van der Waals surface area contributed by atoms with Crippen LogP contribution in [0.1, 0.15) is 51.9 Å². The lowest BCUT2D eigenvalue weighted by Gasteiger charge is -2.36. The van der Waals surface area contributed by atoms with Crippen LogP contribution in [0.5, 0.6) is 0 Å². The van der Waals surface area contributed by atoms with E-state index in [1.165, 1.54) is 19.3 Å². The Morgan fingerprint density at radius 2 is 2.06 bits per heavy atom. The molecular weight excluding hydrogens is 212 g/mol. The van der Waals surface area contributed by atoms with E-state index in [9.17, 15) is 4.79 Å². The third-order valence-corrected chi connectivity index (χ3v) is 4.31. The molecule has 0 spiro atoms. The van der Waals surface area contributed by atoms with Crippen molar-refractivity contribution in [2.45, 2.75) is 51.9 Å². The molecule has 0 radical (unpaired) electrons. The van der Waals surface area contributed by atoms with E-state index in [4.69, 9.17) is 0 Å². The van der Waals surface area contributed by atoms with Crippen LogP contribution in [-0.4, -0.2) is 25.5 Å². The molecule has 98 valence electrons. The molecule has 0 aromatic rings. The fourth-order valence-corrected chi connectivity index (χ4v) is 2.96. The van der Waals surface area contributed by atoms with Gasteiger partial charge in [-0.25, -0.2) is 0 Å². The van der Waals surface area contributed by atoms with E-state index >= 15 is 0 Å². The van der Waals surface area contributed by atoms with Crippen molar-refractivity contribution in [3.63, 3.8) is 0 Å². The van der Waals surface area contributed by atoms with E-state index in [0.717, 1.165) is 51.2 Å². The summed E-state index contributed by atoms with van der Waals surface area (Å²) >= 11 is 0. The van der Waals surface area contributed by atoms with Crippen LogP contribution in [0.2, 0.25) is 0 Å². The Morgan fingerprint density at radius 1 is 1.35 bits per heavy atom. The maximum atomic E-state index is 12.4. The molecule has 3 heteroatoms. The van der Waals surface area contributed by atoms with Gasteiger partial charge >= 0.3 is 0 Å². The van der Waals surface area contributed by atoms with Gasteiger partial charge in [-0.1, -0.05) is 26.2 Å². The highest BCUT2D eigenvalue weighted by molar-refractivity contribution is 5.82. The zero-order valence-corrected chi connectivity index (χ0v) is 11.1. The van der Waals surface area contributed by atoms with Gasteiger partial charge in [0.05, 0.1) is 5.41 Å². The number of carbonyl (C=O) groups excluding carboxylic acids is 1. The monoisotopic (exact) mass is 238 g/mol. The highest BCUT2D eigenvalue weighted by Gasteiger charge is 2.38. The predicted molar refractivity (Wildman–Crippen MR) is 69.8 cm³/mol. The molecule has 0 bridgehead atoms. The van der Waals surface area contributed by atoms with Crippen molar-refractivity contribution < 1.29 is 4.79 Å². The average Bonchev–Trinajstić information content (AvgIpc) is 3.14. The molecular formula is C14H26N2O. The number of piperidine rings is 1. The van der Waals surface area contributed by atoms with Gasteiger partial charge in [0.25, 0.3) is 0 Å². The maximum Gasteiger partial charge on any atom is 0.226 e. The molecule has 1 saturated carbocycles. The molecule has 0 atom stereocenters. The van der Waals surface area contributed by atoms with E-state index in [1.54, 1.807) is 0 Å². The summed E-state index contributed by atoms with van der Waals surface area (Å²) in [6.45, 7) is 5.07. The average molecular weight is 238 g/mol. The third-order valence-electron chi connectivity index (χ3n) is 4.31. The van der Waals surface area contributed by atoms with Crippen LogP contribution in [-0.2, 0) is 4.79 Å². The van der Waals surface area contributed by atoms with E-state index in [1.807, 2.05) is 0 Å². The Morgan fingerprint density at radius 3 is 2.65 bits per heavy atom. The second kappa shape index (κ2) is 5.85. The molecule has 1 aliphatic heterocycles. The molecule has 0 unspecified atom stereocenters. The minimum absolute atomic E-state index is 0.0659. The van der Waals surface area contributed by atoms with Crippen LogP contribution in [0, 0.1) is 11.3 Å². The van der Waals surface area contributed by atoms with Gasteiger partial charge in [-0.05, 0) is 44.7 Å². The SMILES string of the molecule is CCCC1(C(=O)NCCC2CC2)CCNCC1. The molecule has 2 N–H and O–H groups in total. The van der Waals surface area contributed by atoms with Crippen molar-refractivity contribution in [1.82, 2.24) is 10.6 Å². The summed E-state index contributed by atoms with van der Waals surface area (Å²) in [5, 5.41) is 6.54. The maximum absolute atomic E-state index is 12.4. The zero-order valence-electron chi connectivity index (χ0n) is 11.1. The second-order valence-electron chi connectivity index (χ2n) is 5.77. The quantitative estimate of drug-likeness (QED) is 0.744. The first kappa shape index (κ1) is 12.9. The number of amides is 1. The van der Waals surface area contributed by atoms with E-state index in [2.05, 4.69) is 17.6 Å². The topological polar surface area (TPSA) is 41.1 Å². The molecule has 1 heterocycles. The van der Waals surface area contributed by atoms with Gasteiger partial charge in [0.1, 0.15) is 0 Å². The van der Waals surface area contributed by atoms with E-state index < -0.39 is 0 Å². The molecule has 17 heavy (non-hydrogen) atoms. The molecule has 1 amide bonds. The number of hydrogen-bond donors (Lipinski definition) is 2. The molecule has 2 rings (SSSR count). The number of rotatable bonds is 6. The zero-order chi connectivity index (χ0) is 12.1. The van der Waals surface area contributed by atoms with Gasteiger partial charge in [0, 0.05) is 6.54 Å². The molecule has 1 saturated heterocycles. The standard InChI is InChI=1S/C14H26N2O/c1-2-6-14(7-10-15-11-8-14)13(17)16-9-5-12-3-4-12/h12,15H,2-11H2,1H3,(H,16,17). The van der Waals surface area contributed by atoms with Gasteiger partial charge < -0.3 is 10.6 Å². The Bertz CT molecular complexity index is 249. The summed E-state index contributed by atoms with van der Waals surface area (Å²) in [5.74, 6) is 1.23. The van der Waals surface area contributed by atoms with Crippen LogP contribution in [0.4, 0.5) is 0 Å². The van der Waals surface area contributed by atoms with Gasteiger partial charge in [-0.3, -0.25) is 4.79 Å². The Hall–Kier alpha value is -0.570. The normalized spacial score (nSPS) is 23.4. The van der Waals surface area contributed by atoms with Crippen molar-refractivity contribution in [1.29, 1.82) is 0 Å². The largest absolute Gasteiger partial charge is 0.356 e. The fraction of sp³-hybridized carbons (Fsp3) is 0.929. The van der Waals surface area contributed by atoms with E-state index in [-0.39, 0.29) is 5.41 Å². The lowest BCUT2D eigenvalue weighted by atomic mass is 9.74. The molecule has 1 aliphatic carbocycles. The minimum Gasteiger partial charge on any atom is -0.356 e. The summed E-state index contributed by atoms with van der Waals surface area (Å²) in [7, 11) is 0. The van der Waals surface area contributed by atoms with Crippen LogP contribution in [0.25, 0.3) is 0 Å². The first-order chi connectivity index (χ1) is 8.27. The molecule has 0 aromatic carbocycles. The van der Waals surface area contributed by atoms with Crippen molar-refractivity contribution >= 4 is 5.91 Å². The number of nitrogens with one attached hydrogen (secondary N) is 2. The summed E-state index contributed by atoms with van der Waals surface area (Å²) in [5.41, 5.74) is -0.0659. The minimum atomic E-state index is -0.0659. The fourth-order valence-electron chi connectivity index (χ4n) is 2.96. The predicted octanol–water partition coefficient (Wildman–Crippen LogP) is 2.07. The molecule has 0 aromatic heterocycles. The molecule has 3 nitrogen and oxygen atoms in total. The van der Waals surface area contributed by atoms with Crippen molar-refractivity contribution in [2.75, 3.05) is 19.6 Å². The molecule has 2 fully saturated rings.